The summed E-state index contributed by atoms with van der Waals surface area (Å²) in [7, 11) is 3.12. The first kappa shape index (κ1) is 11.7. The molecule has 0 saturated heterocycles. The highest BCUT2D eigenvalue weighted by Gasteiger charge is 2.16. The first-order valence-electron chi connectivity index (χ1n) is 5.06. The molecule has 4 heteroatoms. The molecule has 0 fully saturated rings. The molecule has 2 rings (SSSR count). The summed E-state index contributed by atoms with van der Waals surface area (Å²) in [5, 5.41) is 1.87. The lowest BCUT2D eigenvalue weighted by Gasteiger charge is -2.08. The Labute approximate surface area is 104 Å². The summed E-state index contributed by atoms with van der Waals surface area (Å²) in [5.74, 6) is 1.16. The third kappa shape index (κ3) is 2.31. The van der Waals surface area contributed by atoms with Gasteiger partial charge in [0.15, 0.2) is 0 Å². The Morgan fingerprint density at radius 2 is 2.00 bits per heavy atom. The number of carbonyl (C=O) groups is 1. The average molecular weight is 248 g/mol. The van der Waals surface area contributed by atoms with Crippen LogP contribution in [0, 0.1) is 0 Å². The van der Waals surface area contributed by atoms with Crippen LogP contribution in [-0.2, 0) is 0 Å². The summed E-state index contributed by atoms with van der Waals surface area (Å²) >= 11 is 1.41. The van der Waals surface area contributed by atoms with Crippen LogP contribution in [0.2, 0.25) is 0 Å². The van der Waals surface area contributed by atoms with Crippen LogP contribution >= 0.6 is 11.3 Å². The summed E-state index contributed by atoms with van der Waals surface area (Å²) < 4.78 is 10.3. The van der Waals surface area contributed by atoms with E-state index < -0.39 is 0 Å². The fourth-order valence-electron chi connectivity index (χ4n) is 1.53. The maximum atomic E-state index is 12.2. The van der Waals surface area contributed by atoms with Crippen LogP contribution in [0.5, 0.6) is 11.5 Å². The summed E-state index contributed by atoms with van der Waals surface area (Å²) in [6.45, 7) is 0. The van der Waals surface area contributed by atoms with E-state index in [0.29, 0.717) is 21.9 Å². The third-order valence-corrected chi connectivity index (χ3v) is 3.26. The van der Waals surface area contributed by atoms with Gasteiger partial charge >= 0.3 is 0 Å². The zero-order valence-corrected chi connectivity index (χ0v) is 10.4. The molecule has 3 nitrogen and oxygen atoms in total. The van der Waals surface area contributed by atoms with Crippen molar-refractivity contribution in [1.29, 1.82) is 0 Å². The minimum absolute atomic E-state index is 0.0456. The van der Waals surface area contributed by atoms with E-state index in [9.17, 15) is 4.79 Å². The highest BCUT2D eigenvalue weighted by Crippen LogP contribution is 2.27. The number of hydrogen-bond acceptors (Lipinski definition) is 4. The minimum atomic E-state index is -0.0456. The SMILES string of the molecule is COc1ccc(OC)c(C(=O)c2cccs2)c1. The van der Waals surface area contributed by atoms with E-state index in [-0.39, 0.29) is 5.78 Å². The molecule has 17 heavy (non-hydrogen) atoms. The molecule has 0 unspecified atom stereocenters. The molecule has 0 N–H and O–H groups in total. The molecule has 1 aromatic heterocycles. The molecule has 0 spiro atoms. The maximum Gasteiger partial charge on any atom is 0.206 e. The number of ketones is 1. The molecule has 0 aliphatic rings. The Balaban J connectivity index is 2.45. The van der Waals surface area contributed by atoms with Gasteiger partial charge in [-0.2, -0.15) is 0 Å². The standard InChI is InChI=1S/C13H12O3S/c1-15-9-5-6-11(16-2)10(8-9)13(14)12-4-3-7-17-12/h3-8H,1-2H3. The Bertz CT molecular complexity index is 517. The molecule has 0 amide bonds. The molecule has 1 heterocycles. The topological polar surface area (TPSA) is 35.5 Å². The molecule has 0 saturated carbocycles. The quantitative estimate of drug-likeness (QED) is 0.780. The van der Waals surface area contributed by atoms with Gasteiger partial charge in [0.1, 0.15) is 11.5 Å². The van der Waals surface area contributed by atoms with Crippen molar-refractivity contribution in [3.05, 3.63) is 46.2 Å². The summed E-state index contributed by atoms with van der Waals surface area (Å²) in [4.78, 5) is 12.9. The molecule has 0 radical (unpaired) electrons. The van der Waals surface area contributed by atoms with E-state index in [2.05, 4.69) is 0 Å². The first-order chi connectivity index (χ1) is 8.26. The molecule has 0 aliphatic carbocycles. The van der Waals surface area contributed by atoms with Gasteiger partial charge in [0.05, 0.1) is 24.7 Å². The van der Waals surface area contributed by atoms with E-state index in [1.54, 1.807) is 38.5 Å². The molecule has 2 aromatic rings. The number of hydrogen-bond donors (Lipinski definition) is 0. The Kier molecular flexibility index (Phi) is 3.44. The normalized spacial score (nSPS) is 10.0. The molecular weight excluding hydrogens is 236 g/mol. The number of benzene rings is 1. The van der Waals surface area contributed by atoms with Crippen LogP contribution in [0.1, 0.15) is 15.2 Å². The maximum absolute atomic E-state index is 12.2. The fraction of sp³-hybridized carbons (Fsp3) is 0.154. The van der Waals surface area contributed by atoms with Gasteiger partial charge in [-0.25, -0.2) is 0 Å². The Morgan fingerprint density at radius 3 is 2.59 bits per heavy atom. The van der Waals surface area contributed by atoms with Gasteiger partial charge in [-0.1, -0.05) is 6.07 Å². The van der Waals surface area contributed by atoms with Crippen molar-refractivity contribution in [1.82, 2.24) is 0 Å². The lowest BCUT2D eigenvalue weighted by atomic mass is 10.1. The van der Waals surface area contributed by atoms with Crippen molar-refractivity contribution in [2.45, 2.75) is 0 Å². The highest BCUT2D eigenvalue weighted by molar-refractivity contribution is 7.12. The molecular formula is C13H12O3S. The van der Waals surface area contributed by atoms with Crippen LogP contribution < -0.4 is 9.47 Å². The second-order valence-corrected chi connectivity index (χ2v) is 4.32. The van der Waals surface area contributed by atoms with E-state index in [1.165, 1.54) is 11.3 Å². The van der Waals surface area contributed by atoms with Crippen LogP contribution in [0.4, 0.5) is 0 Å². The summed E-state index contributed by atoms with van der Waals surface area (Å²) in [6, 6.07) is 8.85. The van der Waals surface area contributed by atoms with Crippen molar-refractivity contribution >= 4 is 17.1 Å². The van der Waals surface area contributed by atoms with Gasteiger partial charge in [-0.05, 0) is 29.6 Å². The largest absolute Gasteiger partial charge is 0.497 e. The Morgan fingerprint density at radius 1 is 1.18 bits per heavy atom. The monoisotopic (exact) mass is 248 g/mol. The van der Waals surface area contributed by atoms with Gasteiger partial charge in [-0.15, -0.1) is 11.3 Å². The summed E-state index contributed by atoms with van der Waals surface area (Å²) in [5.41, 5.74) is 0.522. The Hall–Kier alpha value is -1.81. The van der Waals surface area contributed by atoms with Gasteiger partial charge in [-0.3, -0.25) is 4.79 Å². The number of ether oxygens (including phenoxy) is 2. The number of methoxy groups -OCH3 is 2. The van der Waals surface area contributed by atoms with E-state index in [4.69, 9.17) is 9.47 Å². The van der Waals surface area contributed by atoms with Crippen molar-refractivity contribution in [2.75, 3.05) is 14.2 Å². The number of carbonyl (C=O) groups excluding carboxylic acids is 1. The second-order valence-electron chi connectivity index (χ2n) is 3.37. The van der Waals surface area contributed by atoms with Crippen LogP contribution in [0.25, 0.3) is 0 Å². The van der Waals surface area contributed by atoms with Crippen LogP contribution in [0.15, 0.2) is 35.7 Å². The van der Waals surface area contributed by atoms with Crippen LogP contribution in [-0.4, -0.2) is 20.0 Å². The number of rotatable bonds is 4. The lowest BCUT2D eigenvalue weighted by molar-refractivity contribution is 0.103. The molecule has 1 aromatic carbocycles. The minimum Gasteiger partial charge on any atom is -0.497 e. The average Bonchev–Trinajstić information content (AvgIpc) is 2.91. The zero-order chi connectivity index (χ0) is 12.3. The van der Waals surface area contributed by atoms with Gasteiger partial charge in [0.25, 0.3) is 0 Å². The lowest BCUT2D eigenvalue weighted by Crippen LogP contribution is -2.02. The highest BCUT2D eigenvalue weighted by atomic mass is 32.1. The van der Waals surface area contributed by atoms with Crippen molar-refractivity contribution in [2.24, 2.45) is 0 Å². The zero-order valence-electron chi connectivity index (χ0n) is 9.60. The first-order valence-corrected chi connectivity index (χ1v) is 5.94. The van der Waals surface area contributed by atoms with Gasteiger partial charge in [0, 0.05) is 0 Å². The number of thiophene rings is 1. The van der Waals surface area contributed by atoms with Crippen LogP contribution in [0.3, 0.4) is 0 Å². The van der Waals surface area contributed by atoms with Gasteiger partial charge in [0.2, 0.25) is 5.78 Å². The van der Waals surface area contributed by atoms with Crippen molar-refractivity contribution in [3.8, 4) is 11.5 Å². The van der Waals surface area contributed by atoms with E-state index in [1.807, 2.05) is 11.4 Å². The third-order valence-electron chi connectivity index (χ3n) is 2.40. The molecule has 0 aliphatic heterocycles. The predicted octanol–water partition coefficient (Wildman–Crippen LogP) is 3.00. The van der Waals surface area contributed by atoms with Gasteiger partial charge < -0.3 is 9.47 Å². The van der Waals surface area contributed by atoms with Crippen molar-refractivity contribution in [3.63, 3.8) is 0 Å². The fourth-order valence-corrected chi connectivity index (χ4v) is 2.21. The van der Waals surface area contributed by atoms with E-state index >= 15 is 0 Å². The molecule has 0 atom stereocenters. The second kappa shape index (κ2) is 5.01. The smallest absolute Gasteiger partial charge is 0.206 e. The molecule has 0 bridgehead atoms. The summed E-state index contributed by atoms with van der Waals surface area (Å²) in [6.07, 6.45) is 0. The predicted molar refractivity (Wildman–Crippen MR) is 67.3 cm³/mol. The van der Waals surface area contributed by atoms with Crippen molar-refractivity contribution < 1.29 is 14.3 Å². The van der Waals surface area contributed by atoms with E-state index in [0.717, 1.165) is 0 Å². The molecule has 88 valence electrons.